The summed E-state index contributed by atoms with van der Waals surface area (Å²) >= 11 is 0. The highest BCUT2D eigenvalue weighted by molar-refractivity contribution is 5.57. The Bertz CT molecular complexity index is 465. The Hall–Kier alpha value is -1.78. The van der Waals surface area contributed by atoms with Crippen LogP contribution in [0.15, 0.2) is 24.4 Å². The van der Waals surface area contributed by atoms with Crippen LogP contribution in [0.2, 0.25) is 0 Å². The van der Waals surface area contributed by atoms with Crippen LogP contribution < -0.4 is 0 Å². The van der Waals surface area contributed by atoms with Gasteiger partial charge in [0.1, 0.15) is 5.69 Å². The molecule has 0 unspecified atom stereocenters. The number of benzene rings is 1. The maximum atomic E-state index is 12.8. The smallest absolute Gasteiger partial charge is 0.159 e. The fourth-order valence-electron chi connectivity index (χ4n) is 1.14. The summed E-state index contributed by atoms with van der Waals surface area (Å²) in [6.45, 7) is 0. The van der Waals surface area contributed by atoms with Crippen molar-refractivity contribution in [1.82, 2.24) is 15.0 Å². The van der Waals surface area contributed by atoms with Crippen LogP contribution in [0.1, 0.15) is 0 Å². The SMILES string of the molecule is Cn1cc(-c2ccc(F)c(F)c2)nn1. The van der Waals surface area contributed by atoms with E-state index in [9.17, 15) is 8.78 Å². The van der Waals surface area contributed by atoms with Crippen LogP contribution in [0.25, 0.3) is 11.3 Å². The fraction of sp³-hybridized carbons (Fsp3) is 0.111. The molecule has 0 aliphatic heterocycles. The lowest BCUT2D eigenvalue weighted by atomic mass is 10.1. The van der Waals surface area contributed by atoms with Gasteiger partial charge in [-0.05, 0) is 18.2 Å². The Morgan fingerprint density at radius 1 is 1.21 bits per heavy atom. The van der Waals surface area contributed by atoms with Gasteiger partial charge < -0.3 is 0 Å². The number of rotatable bonds is 1. The Balaban J connectivity index is 2.47. The predicted octanol–water partition coefficient (Wildman–Crippen LogP) is 1.76. The van der Waals surface area contributed by atoms with Crippen LogP contribution >= 0.6 is 0 Å². The van der Waals surface area contributed by atoms with Crippen molar-refractivity contribution < 1.29 is 8.78 Å². The molecule has 0 N–H and O–H groups in total. The van der Waals surface area contributed by atoms with Crippen LogP contribution in [-0.4, -0.2) is 15.0 Å². The van der Waals surface area contributed by atoms with Gasteiger partial charge in [0.15, 0.2) is 11.6 Å². The van der Waals surface area contributed by atoms with E-state index in [4.69, 9.17) is 0 Å². The van der Waals surface area contributed by atoms with Gasteiger partial charge in [-0.25, -0.2) is 8.78 Å². The van der Waals surface area contributed by atoms with Gasteiger partial charge in [-0.1, -0.05) is 5.21 Å². The van der Waals surface area contributed by atoms with E-state index in [-0.39, 0.29) is 0 Å². The molecule has 0 aliphatic carbocycles. The lowest BCUT2D eigenvalue weighted by Crippen LogP contribution is -1.85. The van der Waals surface area contributed by atoms with E-state index < -0.39 is 11.6 Å². The first-order valence-electron chi connectivity index (χ1n) is 3.98. The molecular formula is C9H7F2N3. The highest BCUT2D eigenvalue weighted by Gasteiger charge is 2.06. The lowest BCUT2D eigenvalue weighted by Gasteiger charge is -1.96. The van der Waals surface area contributed by atoms with Crippen LogP contribution in [0.3, 0.4) is 0 Å². The molecule has 5 heteroatoms. The van der Waals surface area contributed by atoms with Crippen molar-refractivity contribution in [2.45, 2.75) is 0 Å². The van der Waals surface area contributed by atoms with Gasteiger partial charge in [0.25, 0.3) is 0 Å². The number of halogens is 2. The van der Waals surface area contributed by atoms with Gasteiger partial charge in [-0.3, -0.25) is 4.68 Å². The fourth-order valence-corrected chi connectivity index (χ4v) is 1.14. The van der Waals surface area contributed by atoms with E-state index in [1.165, 1.54) is 10.7 Å². The van der Waals surface area contributed by atoms with Crippen molar-refractivity contribution in [3.8, 4) is 11.3 Å². The van der Waals surface area contributed by atoms with Gasteiger partial charge >= 0.3 is 0 Å². The molecule has 0 aliphatic rings. The Morgan fingerprint density at radius 2 is 2.00 bits per heavy atom. The van der Waals surface area contributed by atoms with Crippen molar-refractivity contribution in [3.05, 3.63) is 36.0 Å². The molecule has 0 radical (unpaired) electrons. The first-order valence-corrected chi connectivity index (χ1v) is 3.98. The Morgan fingerprint density at radius 3 is 2.57 bits per heavy atom. The third kappa shape index (κ3) is 1.48. The zero-order chi connectivity index (χ0) is 10.1. The number of aryl methyl sites for hydroxylation is 1. The van der Waals surface area contributed by atoms with Gasteiger partial charge in [0.05, 0.1) is 6.20 Å². The molecule has 0 amide bonds. The summed E-state index contributed by atoms with van der Waals surface area (Å²) in [6.07, 6.45) is 1.63. The molecule has 0 saturated carbocycles. The first-order chi connectivity index (χ1) is 6.66. The molecule has 0 saturated heterocycles. The third-order valence-electron chi connectivity index (χ3n) is 1.82. The molecule has 1 heterocycles. The maximum Gasteiger partial charge on any atom is 0.159 e. The Labute approximate surface area is 79.0 Å². The van der Waals surface area contributed by atoms with E-state index in [2.05, 4.69) is 10.3 Å². The predicted molar refractivity (Wildman–Crippen MR) is 46.4 cm³/mol. The normalized spacial score (nSPS) is 10.5. The van der Waals surface area contributed by atoms with E-state index in [1.807, 2.05) is 0 Å². The maximum absolute atomic E-state index is 12.8. The van der Waals surface area contributed by atoms with E-state index in [1.54, 1.807) is 13.2 Å². The minimum absolute atomic E-state index is 0.511. The highest BCUT2D eigenvalue weighted by atomic mass is 19.2. The molecule has 72 valence electrons. The minimum atomic E-state index is -0.881. The van der Waals surface area contributed by atoms with Gasteiger partial charge in [-0.15, -0.1) is 5.10 Å². The first kappa shape index (κ1) is 8.80. The quantitative estimate of drug-likeness (QED) is 0.694. The molecule has 0 bridgehead atoms. The zero-order valence-corrected chi connectivity index (χ0v) is 7.41. The number of nitrogens with zero attached hydrogens (tertiary/aromatic N) is 3. The van der Waals surface area contributed by atoms with Crippen molar-refractivity contribution >= 4 is 0 Å². The largest absolute Gasteiger partial charge is 0.255 e. The molecular weight excluding hydrogens is 188 g/mol. The topological polar surface area (TPSA) is 30.7 Å². The molecule has 0 fully saturated rings. The van der Waals surface area contributed by atoms with Crippen molar-refractivity contribution in [2.75, 3.05) is 0 Å². The summed E-state index contributed by atoms with van der Waals surface area (Å²) in [7, 11) is 1.70. The van der Waals surface area contributed by atoms with E-state index in [0.29, 0.717) is 11.3 Å². The molecule has 1 aromatic carbocycles. The van der Waals surface area contributed by atoms with Crippen molar-refractivity contribution in [2.24, 2.45) is 7.05 Å². The second kappa shape index (κ2) is 3.17. The average molecular weight is 195 g/mol. The standard InChI is InChI=1S/C9H7F2N3/c1-14-5-9(12-13-14)6-2-3-7(10)8(11)4-6/h2-5H,1H3. The highest BCUT2D eigenvalue weighted by Crippen LogP contribution is 2.18. The molecule has 2 aromatic rings. The van der Waals surface area contributed by atoms with Crippen LogP contribution in [0, 0.1) is 11.6 Å². The van der Waals surface area contributed by atoms with Gasteiger partial charge in [-0.2, -0.15) is 0 Å². The van der Waals surface area contributed by atoms with Gasteiger partial charge in [0, 0.05) is 12.6 Å². The van der Waals surface area contributed by atoms with Crippen LogP contribution in [-0.2, 0) is 7.05 Å². The van der Waals surface area contributed by atoms with Crippen molar-refractivity contribution in [1.29, 1.82) is 0 Å². The lowest BCUT2D eigenvalue weighted by molar-refractivity contribution is 0.509. The molecule has 0 spiro atoms. The van der Waals surface area contributed by atoms with E-state index >= 15 is 0 Å². The van der Waals surface area contributed by atoms with Crippen LogP contribution in [0.4, 0.5) is 8.78 Å². The average Bonchev–Trinajstić information content (AvgIpc) is 2.57. The zero-order valence-electron chi connectivity index (χ0n) is 7.41. The summed E-state index contributed by atoms with van der Waals surface area (Å²) < 4.78 is 26.9. The summed E-state index contributed by atoms with van der Waals surface area (Å²) in [4.78, 5) is 0. The number of hydrogen-bond acceptors (Lipinski definition) is 2. The summed E-state index contributed by atoms with van der Waals surface area (Å²) in [5.74, 6) is -1.74. The van der Waals surface area contributed by atoms with Gasteiger partial charge in [0.2, 0.25) is 0 Å². The number of hydrogen-bond donors (Lipinski definition) is 0. The summed E-state index contributed by atoms with van der Waals surface area (Å²) in [6, 6.07) is 3.63. The minimum Gasteiger partial charge on any atom is -0.255 e. The molecule has 1 aromatic heterocycles. The third-order valence-corrected chi connectivity index (χ3v) is 1.82. The summed E-state index contributed by atoms with van der Waals surface area (Å²) in [5.41, 5.74) is 1.03. The second-order valence-electron chi connectivity index (χ2n) is 2.91. The monoisotopic (exact) mass is 195 g/mol. The van der Waals surface area contributed by atoms with Crippen molar-refractivity contribution in [3.63, 3.8) is 0 Å². The molecule has 0 atom stereocenters. The van der Waals surface area contributed by atoms with E-state index in [0.717, 1.165) is 12.1 Å². The summed E-state index contributed by atoms with van der Waals surface area (Å²) in [5, 5.41) is 7.48. The second-order valence-corrected chi connectivity index (χ2v) is 2.91. The number of aromatic nitrogens is 3. The molecule has 14 heavy (non-hydrogen) atoms. The molecule has 2 rings (SSSR count). The van der Waals surface area contributed by atoms with Crippen LogP contribution in [0.5, 0.6) is 0 Å². The Kier molecular flexibility index (Phi) is 1.99. The molecule has 3 nitrogen and oxygen atoms in total.